The fourth-order valence-corrected chi connectivity index (χ4v) is 5.04. The quantitative estimate of drug-likeness (QED) is 0.479. The number of piperidine rings is 1. The molecule has 1 fully saturated rings. The molecule has 1 aromatic heterocycles. The van der Waals surface area contributed by atoms with Crippen molar-refractivity contribution in [3.8, 4) is 0 Å². The minimum absolute atomic E-state index is 0.0171. The number of hydrogen-bond donors (Lipinski definition) is 0. The van der Waals surface area contributed by atoms with Gasteiger partial charge < -0.3 is 9.80 Å². The number of carbonyl (C=O) groups excluding carboxylic acids is 2. The van der Waals surface area contributed by atoms with Gasteiger partial charge in [0.2, 0.25) is 0 Å². The molecule has 3 aromatic rings. The number of para-hydroxylation sites is 1. The molecule has 1 saturated heterocycles. The molecular formula is C27H30N2O2S. The van der Waals surface area contributed by atoms with Crippen molar-refractivity contribution in [3.05, 3.63) is 87.6 Å². The lowest BCUT2D eigenvalue weighted by atomic mass is 9.90. The largest absolute Gasteiger partial charge is 0.339 e. The number of likely N-dealkylation sites (tertiary alicyclic amines) is 1. The molecule has 32 heavy (non-hydrogen) atoms. The molecule has 0 atom stereocenters. The predicted molar refractivity (Wildman–Crippen MR) is 132 cm³/mol. The molecule has 166 valence electrons. The molecule has 4 nitrogen and oxygen atoms in total. The zero-order valence-corrected chi connectivity index (χ0v) is 19.6. The minimum atomic E-state index is -0.0879. The molecule has 1 aliphatic rings. The number of rotatable bonds is 6. The Bertz CT molecular complexity index is 1050. The number of amides is 2. The van der Waals surface area contributed by atoms with Crippen molar-refractivity contribution >= 4 is 28.8 Å². The Hall–Kier alpha value is -2.92. The van der Waals surface area contributed by atoms with Gasteiger partial charge in [0.25, 0.3) is 11.8 Å². The van der Waals surface area contributed by atoms with Gasteiger partial charge in [0.1, 0.15) is 0 Å². The van der Waals surface area contributed by atoms with Crippen molar-refractivity contribution in [3.63, 3.8) is 0 Å². The molecule has 4 rings (SSSR count). The van der Waals surface area contributed by atoms with Crippen molar-refractivity contribution in [1.29, 1.82) is 0 Å². The van der Waals surface area contributed by atoms with Gasteiger partial charge in [-0.25, -0.2) is 0 Å². The predicted octanol–water partition coefficient (Wildman–Crippen LogP) is 5.82. The zero-order chi connectivity index (χ0) is 22.5. The standard InChI is InChI=1S/C27H30N2O2S/c1-20-9-11-21(12-10-20)13-14-22-15-17-29(18-16-22)26(30)23-6-3-4-7-24(23)28(2)27(31)25-8-5-19-32-25/h3-12,19,22H,13-18H2,1-2H3. The average Bonchev–Trinajstić information content (AvgIpc) is 3.38. The summed E-state index contributed by atoms with van der Waals surface area (Å²) in [7, 11) is 1.74. The molecule has 0 radical (unpaired) electrons. The highest BCUT2D eigenvalue weighted by molar-refractivity contribution is 7.12. The summed E-state index contributed by atoms with van der Waals surface area (Å²) in [6.07, 6.45) is 4.32. The molecule has 0 saturated carbocycles. The van der Waals surface area contributed by atoms with E-state index in [1.165, 1.54) is 28.9 Å². The van der Waals surface area contributed by atoms with E-state index in [1.807, 2.05) is 46.7 Å². The highest BCUT2D eigenvalue weighted by Crippen LogP contribution is 2.27. The first-order valence-electron chi connectivity index (χ1n) is 11.3. The van der Waals surface area contributed by atoms with Gasteiger partial charge in [0.05, 0.1) is 16.1 Å². The topological polar surface area (TPSA) is 40.6 Å². The zero-order valence-electron chi connectivity index (χ0n) is 18.8. The number of nitrogens with zero attached hydrogens (tertiary/aromatic N) is 2. The first-order valence-corrected chi connectivity index (χ1v) is 12.2. The van der Waals surface area contributed by atoms with Gasteiger partial charge in [0, 0.05) is 20.1 Å². The number of thiophene rings is 1. The highest BCUT2D eigenvalue weighted by atomic mass is 32.1. The molecule has 2 aromatic carbocycles. The van der Waals surface area contributed by atoms with Crippen LogP contribution in [-0.2, 0) is 6.42 Å². The number of hydrogen-bond acceptors (Lipinski definition) is 3. The monoisotopic (exact) mass is 446 g/mol. The Kier molecular flexibility index (Phi) is 7.05. The molecule has 0 unspecified atom stereocenters. The van der Waals surface area contributed by atoms with Crippen LogP contribution in [0.2, 0.25) is 0 Å². The van der Waals surface area contributed by atoms with E-state index in [1.54, 1.807) is 11.9 Å². The van der Waals surface area contributed by atoms with E-state index in [0.29, 0.717) is 22.0 Å². The summed E-state index contributed by atoms with van der Waals surface area (Å²) >= 11 is 1.41. The minimum Gasteiger partial charge on any atom is -0.339 e. The van der Waals surface area contributed by atoms with Gasteiger partial charge in [-0.3, -0.25) is 9.59 Å². The smallest absolute Gasteiger partial charge is 0.268 e. The summed E-state index contributed by atoms with van der Waals surface area (Å²) in [5, 5.41) is 1.89. The molecule has 0 aliphatic carbocycles. The maximum atomic E-state index is 13.3. The van der Waals surface area contributed by atoms with Crippen molar-refractivity contribution in [2.75, 3.05) is 25.0 Å². The maximum absolute atomic E-state index is 13.3. The van der Waals surface area contributed by atoms with Crippen molar-refractivity contribution in [1.82, 2.24) is 4.90 Å². The van der Waals surface area contributed by atoms with Gasteiger partial charge in [0.15, 0.2) is 0 Å². The van der Waals surface area contributed by atoms with Gasteiger partial charge >= 0.3 is 0 Å². The third kappa shape index (κ3) is 5.10. The lowest BCUT2D eigenvalue weighted by Gasteiger charge is -2.33. The first kappa shape index (κ1) is 22.3. The summed E-state index contributed by atoms with van der Waals surface area (Å²) < 4.78 is 0. The van der Waals surface area contributed by atoms with Crippen LogP contribution in [0.5, 0.6) is 0 Å². The number of benzene rings is 2. The van der Waals surface area contributed by atoms with Crippen molar-refractivity contribution in [2.24, 2.45) is 5.92 Å². The normalized spacial score (nSPS) is 14.4. The van der Waals surface area contributed by atoms with Gasteiger partial charge in [-0.15, -0.1) is 11.3 Å². The highest BCUT2D eigenvalue weighted by Gasteiger charge is 2.27. The molecule has 1 aliphatic heterocycles. The molecule has 5 heteroatoms. The summed E-state index contributed by atoms with van der Waals surface area (Å²) in [6, 6.07) is 19.9. The van der Waals surface area contributed by atoms with Crippen LogP contribution in [-0.4, -0.2) is 36.9 Å². The van der Waals surface area contributed by atoms with E-state index in [2.05, 4.69) is 31.2 Å². The average molecular weight is 447 g/mol. The summed E-state index contributed by atoms with van der Waals surface area (Å²) in [5.41, 5.74) is 3.94. The van der Waals surface area contributed by atoms with Crippen LogP contribution < -0.4 is 4.90 Å². The van der Waals surface area contributed by atoms with Crippen molar-refractivity contribution in [2.45, 2.75) is 32.6 Å². The van der Waals surface area contributed by atoms with Crippen LogP contribution in [0, 0.1) is 12.8 Å². The van der Waals surface area contributed by atoms with E-state index in [4.69, 9.17) is 0 Å². The third-order valence-corrected chi connectivity index (χ3v) is 7.25. The summed E-state index contributed by atoms with van der Waals surface area (Å²) in [5.74, 6) is 0.581. The molecule has 2 amide bonds. The number of aryl methyl sites for hydroxylation is 2. The number of anilines is 1. The lowest BCUT2D eigenvalue weighted by Crippen LogP contribution is -2.39. The number of carbonyl (C=O) groups is 2. The second kappa shape index (κ2) is 10.1. The van der Waals surface area contributed by atoms with Crippen LogP contribution in [0.4, 0.5) is 5.69 Å². The molecular weight excluding hydrogens is 416 g/mol. The summed E-state index contributed by atoms with van der Waals surface area (Å²) in [6.45, 7) is 3.66. The lowest BCUT2D eigenvalue weighted by molar-refractivity contribution is 0.0687. The van der Waals surface area contributed by atoms with Crippen LogP contribution >= 0.6 is 11.3 Å². The van der Waals surface area contributed by atoms with E-state index >= 15 is 0 Å². The van der Waals surface area contributed by atoms with Gasteiger partial charge in [-0.1, -0.05) is 48.0 Å². The second-order valence-corrected chi connectivity index (χ2v) is 9.57. The Morgan fingerprint density at radius 1 is 1.00 bits per heavy atom. The Morgan fingerprint density at radius 3 is 2.41 bits per heavy atom. The molecule has 0 bridgehead atoms. The summed E-state index contributed by atoms with van der Waals surface area (Å²) in [4.78, 5) is 30.4. The fourth-order valence-electron chi connectivity index (χ4n) is 4.34. The SMILES string of the molecule is Cc1ccc(CCC2CCN(C(=O)c3ccccc3N(C)C(=O)c3cccs3)CC2)cc1. The van der Waals surface area contributed by atoms with Gasteiger partial charge in [-0.05, 0) is 67.7 Å². The van der Waals surface area contributed by atoms with Crippen LogP contribution in [0.3, 0.4) is 0 Å². The Labute approximate surface area is 194 Å². The second-order valence-electron chi connectivity index (χ2n) is 8.62. The van der Waals surface area contributed by atoms with Crippen LogP contribution in [0.1, 0.15) is 50.4 Å². The maximum Gasteiger partial charge on any atom is 0.268 e. The third-order valence-electron chi connectivity index (χ3n) is 6.40. The van der Waals surface area contributed by atoms with Crippen molar-refractivity contribution < 1.29 is 9.59 Å². The Balaban J connectivity index is 1.37. The van der Waals surface area contributed by atoms with Crippen LogP contribution in [0.25, 0.3) is 0 Å². The van der Waals surface area contributed by atoms with E-state index in [0.717, 1.165) is 32.4 Å². The molecule has 0 spiro atoms. The van der Waals surface area contributed by atoms with E-state index in [-0.39, 0.29) is 11.8 Å². The fraction of sp³-hybridized carbons (Fsp3) is 0.333. The first-order chi connectivity index (χ1) is 15.5. The molecule has 2 heterocycles. The van der Waals surface area contributed by atoms with E-state index in [9.17, 15) is 9.59 Å². The van der Waals surface area contributed by atoms with Gasteiger partial charge in [-0.2, -0.15) is 0 Å². The Morgan fingerprint density at radius 2 is 1.72 bits per heavy atom. The van der Waals surface area contributed by atoms with E-state index < -0.39 is 0 Å². The molecule has 0 N–H and O–H groups in total. The van der Waals surface area contributed by atoms with Crippen LogP contribution in [0.15, 0.2) is 66.0 Å².